The lowest BCUT2D eigenvalue weighted by Gasteiger charge is -2.09. The fraction of sp³-hybridized carbons (Fsp3) is 0.133. The molecule has 0 bridgehead atoms. The van der Waals surface area contributed by atoms with Crippen molar-refractivity contribution in [2.75, 3.05) is 11.9 Å². The highest BCUT2D eigenvalue weighted by molar-refractivity contribution is 6.33. The summed E-state index contributed by atoms with van der Waals surface area (Å²) in [6.45, 7) is 0.507. The Bertz CT molecular complexity index is 631. The van der Waals surface area contributed by atoms with Gasteiger partial charge in [0.15, 0.2) is 0 Å². The first kappa shape index (κ1) is 14.3. The topological polar surface area (TPSA) is 49.3 Å². The standard InChI is InChI=1S/C15H13ClFNO2/c16-12-9-11(15(19)20)5-6-14(12)18-8-7-10-3-1-2-4-13(10)17/h1-6,9,18H,7-8H2,(H,19,20). The quantitative estimate of drug-likeness (QED) is 0.881. The molecule has 0 unspecified atom stereocenters. The smallest absolute Gasteiger partial charge is 0.335 e. The molecule has 2 rings (SSSR count). The van der Waals surface area contributed by atoms with Crippen LogP contribution in [0.25, 0.3) is 0 Å². The lowest BCUT2D eigenvalue weighted by molar-refractivity contribution is 0.0697. The molecule has 0 aliphatic carbocycles. The lowest BCUT2D eigenvalue weighted by atomic mass is 10.1. The maximum atomic E-state index is 13.4. The van der Waals surface area contributed by atoms with Crippen LogP contribution in [0.15, 0.2) is 42.5 Å². The Hall–Kier alpha value is -2.07. The van der Waals surface area contributed by atoms with Crippen LogP contribution in [-0.2, 0) is 6.42 Å². The number of carboxylic acids is 1. The monoisotopic (exact) mass is 293 g/mol. The summed E-state index contributed by atoms with van der Waals surface area (Å²) in [6, 6.07) is 11.0. The normalized spacial score (nSPS) is 10.3. The molecule has 5 heteroatoms. The average molecular weight is 294 g/mol. The van der Waals surface area contributed by atoms with E-state index < -0.39 is 5.97 Å². The molecule has 0 saturated heterocycles. The number of carboxylic acid groups (broad SMARTS) is 1. The third-order valence-corrected chi connectivity index (χ3v) is 3.20. The Morgan fingerprint density at radius 1 is 1.25 bits per heavy atom. The highest BCUT2D eigenvalue weighted by atomic mass is 35.5. The first-order valence-corrected chi connectivity index (χ1v) is 6.46. The van der Waals surface area contributed by atoms with Gasteiger partial charge in [-0.05, 0) is 36.2 Å². The first-order valence-electron chi connectivity index (χ1n) is 6.08. The zero-order valence-corrected chi connectivity index (χ0v) is 11.3. The highest BCUT2D eigenvalue weighted by Crippen LogP contribution is 2.23. The van der Waals surface area contributed by atoms with Gasteiger partial charge in [0, 0.05) is 6.54 Å². The molecule has 0 heterocycles. The summed E-state index contributed by atoms with van der Waals surface area (Å²) in [4.78, 5) is 10.8. The number of hydrogen-bond donors (Lipinski definition) is 2. The van der Waals surface area contributed by atoms with Crippen LogP contribution in [-0.4, -0.2) is 17.6 Å². The molecule has 0 aliphatic heterocycles. The van der Waals surface area contributed by atoms with Crippen LogP contribution in [0, 0.1) is 5.82 Å². The van der Waals surface area contributed by atoms with E-state index in [2.05, 4.69) is 5.32 Å². The number of aromatic carboxylic acids is 1. The molecule has 0 radical (unpaired) electrons. The minimum Gasteiger partial charge on any atom is -0.478 e. The van der Waals surface area contributed by atoms with E-state index in [0.717, 1.165) is 0 Å². The predicted octanol–water partition coefficient (Wildman–Crippen LogP) is 3.83. The van der Waals surface area contributed by atoms with E-state index >= 15 is 0 Å². The third kappa shape index (κ3) is 3.48. The molecule has 0 spiro atoms. The molecule has 2 N–H and O–H groups in total. The summed E-state index contributed by atoms with van der Waals surface area (Å²) in [5.41, 5.74) is 1.39. The molecule has 0 aliphatic rings. The van der Waals surface area contributed by atoms with Crippen LogP contribution < -0.4 is 5.32 Å². The molecule has 0 fully saturated rings. The second-order valence-electron chi connectivity index (χ2n) is 4.27. The van der Waals surface area contributed by atoms with E-state index in [9.17, 15) is 9.18 Å². The minimum atomic E-state index is -1.02. The van der Waals surface area contributed by atoms with Crippen LogP contribution in [0.3, 0.4) is 0 Å². The van der Waals surface area contributed by atoms with Gasteiger partial charge in [-0.2, -0.15) is 0 Å². The van der Waals surface area contributed by atoms with Crippen molar-refractivity contribution in [1.82, 2.24) is 0 Å². The third-order valence-electron chi connectivity index (χ3n) is 2.88. The number of nitrogens with one attached hydrogen (secondary N) is 1. The van der Waals surface area contributed by atoms with Gasteiger partial charge in [-0.15, -0.1) is 0 Å². The summed E-state index contributed by atoms with van der Waals surface area (Å²) >= 11 is 5.99. The largest absolute Gasteiger partial charge is 0.478 e. The van der Waals surface area contributed by atoms with E-state index in [4.69, 9.17) is 16.7 Å². The number of benzene rings is 2. The van der Waals surface area contributed by atoms with Gasteiger partial charge < -0.3 is 10.4 Å². The van der Waals surface area contributed by atoms with E-state index in [0.29, 0.717) is 29.2 Å². The number of rotatable bonds is 5. The SMILES string of the molecule is O=C(O)c1ccc(NCCc2ccccc2F)c(Cl)c1. The minimum absolute atomic E-state index is 0.134. The fourth-order valence-corrected chi connectivity index (χ4v) is 2.07. The zero-order valence-electron chi connectivity index (χ0n) is 10.6. The molecule has 0 aromatic heterocycles. The summed E-state index contributed by atoms with van der Waals surface area (Å²) in [5.74, 6) is -1.26. The van der Waals surface area contributed by atoms with Crippen molar-refractivity contribution in [1.29, 1.82) is 0 Å². The predicted molar refractivity (Wildman–Crippen MR) is 77.0 cm³/mol. The van der Waals surface area contributed by atoms with Crippen molar-refractivity contribution in [2.45, 2.75) is 6.42 Å². The molecule has 0 amide bonds. The fourth-order valence-electron chi connectivity index (χ4n) is 1.82. The first-order chi connectivity index (χ1) is 9.58. The van der Waals surface area contributed by atoms with Gasteiger partial charge in [0.2, 0.25) is 0 Å². The maximum absolute atomic E-state index is 13.4. The highest BCUT2D eigenvalue weighted by Gasteiger charge is 2.07. The van der Waals surface area contributed by atoms with Crippen LogP contribution in [0.4, 0.5) is 10.1 Å². The molecular weight excluding hydrogens is 281 g/mol. The second-order valence-corrected chi connectivity index (χ2v) is 4.68. The Kier molecular flexibility index (Phi) is 4.58. The van der Waals surface area contributed by atoms with Crippen LogP contribution >= 0.6 is 11.6 Å². The Balaban J connectivity index is 1.98. The Labute approximate surface area is 121 Å². The van der Waals surface area contributed by atoms with E-state index in [1.54, 1.807) is 24.3 Å². The van der Waals surface area contributed by atoms with Crippen molar-refractivity contribution in [3.63, 3.8) is 0 Å². The lowest BCUT2D eigenvalue weighted by Crippen LogP contribution is -2.07. The van der Waals surface area contributed by atoms with Crippen molar-refractivity contribution in [3.05, 3.63) is 64.4 Å². The van der Waals surface area contributed by atoms with E-state index in [1.165, 1.54) is 18.2 Å². The van der Waals surface area contributed by atoms with Gasteiger partial charge in [-0.1, -0.05) is 29.8 Å². The van der Waals surface area contributed by atoms with Crippen LogP contribution in [0.5, 0.6) is 0 Å². The molecule has 0 saturated carbocycles. The van der Waals surface area contributed by atoms with Crippen molar-refractivity contribution in [3.8, 4) is 0 Å². The van der Waals surface area contributed by atoms with Crippen molar-refractivity contribution in [2.24, 2.45) is 0 Å². The molecule has 104 valence electrons. The second kappa shape index (κ2) is 6.39. The van der Waals surface area contributed by atoms with Gasteiger partial charge in [0.05, 0.1) is 16.3 Å². The molecule has 0 atom stereocenters. The molecule has 20 heavy (non-hydrogen) atoms. The summed E-state index contributed by atoms with van der Waals surface area (Å²) < 4.78 is 13.4. The van der Waals surface area contributed by atoms with Gasteiger partial charge in [-0.25, -0.2) is 9.18 Å². The number of halogens is 2. The summed E-state index contributed by atoms with van der Waals surface area (Å²) in [7, 11) is 0. The molecule has 2 aromatic carbocycles. The summed E-state index contributed by atoms with van der Waals surface area (Å²) in [6.07, 6.45) is 0.518. The van der Waals surface area contributed by atoms with Crippen LogP contribution in [0.1, 0.15) is 15.9 Å². The maximum Gasteiger partial charge on any atom is 0.335 e. The Morgan fingerprint density at radius 3 is 2.65 bits per heavy atom. The molecule has 3 nitrogen and oxygen atoms in total. The van der Waals surface area contributed by atoms with Gasteiger partial charge in [0.1, 0.15) is 5.82 Å². The number of carbonyl (C=O) groups is 1. The number of anilines is 1. The van der Waals surface area contributed by atoms with E-state index in [1.807, 2.05) is 0 Å². The van der Waals surface area contributed by atoms with Crippen molar-refractivity contribution < 1.29 is 14.3 Å². The number of hydrogen-bond acceptors (Lipinski definition) is 2. The van der Waals surface area contributed by atoms with Gasteiger partial charge in [-0.3, -0.25) is 0 Å². The van der Waals surface area contributed by atoms with Crippen LogP contribution in [0.2, 0.25) is 5.02 Å². The summed E-state index contributed by atoms with van der Waals surface area (Å²) in [5, 5.41) is 12.2. The molecule has 2 aromatic rings. The molecular formula is C15H13ClFNO2. The zero-order chi connectivity index (χ0) is 14.5. The average Bonchev–Trinajstić information content (AvgIpc) is 2.42. The van der Waals surface area contributed by atoms with Gasteiger partial charge >= 0.3 is 5.97 Å². The Morgan fingerprint density at radius 2 is 2.00 bits per heavy atom. The van der Waals surface area contributed by atoms with Crippen molar-refractivity contribution >= 4 is 23.3 Å². The van der Waals surface area contributed by atoms with Gasteiger partial charge in [0.25, 0.3) is 0 Å². The van der Waals surface area contributed by atoms with E-state index in [-0.39, 0.29) is 11.4 Å².